The van der Waals surface area contributed by atoms with Crippen molar-refractivity contribution in [1.29, 1.82) is 0 Å². The minimum atomic E-state index is -0.576. The lowest BCUT2D eigenvalue weighted by Crippen LogP contribution is -2.11. The van der Waals surface area contributed by atoms with E-state index in [0.717, 1.165) is 0 Å². The predicted molar refractivity (Wildman–Crippen MR) is 50.1 cm³/mol. The molecule has 0 bridgehead atoms. The molecule has 0 aliphatic rings. The fourth-order valence-corrected chi connectivity index (χ4v) is 1.20. The molecule has 0 aliphatic carbocycles. The lowest BCUT2D eigenvalue weighted by Gasteiger charge is -2.16. The maximum Gasteiger partial charge on any atom is 0.0985 e. The van der Waals surface area contributed by atoms with Crippen LogP contribution >= 0.6 is 0 Å². The molecule has 0 amide bonds. The van der Waals surface area contributed by atoms with Crippen LogP contribution in [0.3, 0.4) is 0 Å². The fraction of sp³-hybridized carbons (Fsp3) is 0.500. The Morgan fingerprint density at radius 2 is 2.23 bits per heavy atom. The Kier molecular flexibility index (Phi) is 3.86. The Bertz CT molecular complexity index is 238. The van der Waals surface area contributed by atoms with Gasteiger partial charge < -0.3 is 10.2 Å². The monoisotopic (exact) mass is 181 g/mol. The molecule has 0 saturated carbocycles. The SMILES string of the molecule is C[C@@H](CCO)[C@H](O)c1ccccn1. The summed E-state index contributed by atoms with van der Waals surface area (Å²) in [5, 5.41) is 18.4. The standard InChI is InChI=1S/C10H15NO2/c1-8(5-7-12)10(13)9-4-2-3-6-11-9/h2-4,6,8,10,12-13H,5,7H2,1H3/t8-,10-/m0/s1. The van der Waals surface area contributed by atoms with E-state index < -0.39 is 6.10 Å². The van der Waals surface area contributed by atoms with E-state index in [4.69, 9.17) is 5.11 Å². The van der Waals surface area contributed by atoms with Gasteiger partial charge in [-0.15, -0.1) is 0 Å². The minimum absolute atomic E-state index is 0.0416. The minimum Gasteiger partial charge on any atom is -0.396 e. The molecule has 1 rings (SSSR count). The molecule has 1 heterocycles. The number of hydrogen-bond donors (Lipinski definition) is 2. The summed E-state index contributed by atoms with van der Waals surface area (Å²) in [6.45, 7) is 2.00. The molecule has 3 nitrogen and oxygen atoms in total. The molecule has 2 N–H and O–H groups in total. The van der Waals surface area contributed by atoms with Crippen LogP contribution in [0.5, 0.6) is 0 Å². The summed E-state index contributed by atoms with van der Waals surface area (Å²) < 4.78 is 0. The number of aromatic nitrogens is 1. The van der Waals surface area contributed by atoms with Gasteiger partial charge in [0.1, 0.15) is 0 Å². The van der Waals surface area contributed by atoms with E-state index >= 15 is 0 Å². The van der Waals surface area contributed by atoms with Gasteiger partial charge in [0.15, 0.2) is 0 Å². The van der Waals surface area contributed by atoms with Crippen LogP contribution in [0.2, 0.25) is 0 Å². The van der Waals surface area contributed by atoms with Crippen LogP contribution in [0.25, 0.3) is 0 Å². The molecule has 0 aromatic carbocycles. The molecule has 1 aromatic heterocycles. The molecule has 0 spiro atoms. The Labute approximate surface area is 78.1 Å². The number of aliphatic hydroxyl groups excluding tert-OH is 2. The van der Waals surface area contributed by atoms with Crippen LogP contribution in [0.1, 0.15) is 25.1 Å². The van der Waals surface area contributed by atoms with Crippen LogP contribution < -0.4 is 0 Å². The van der Waals surface area contributed by atoms with E-state index in [2.05, 4.69) is 4.98 Å². The number of hydrogen-bond acceptors (Lipinski definition) is 3. The highest BCUT2D eigenvalue weighted by Crippen LogP contribution is 2.21. The van der Waals surface area contributed by atoms with Gasteiger partial charge in [-0.05, 0) is 24.5 Å². The van der Waals surface area contributed by atoms with Gasteiger partial charge in [-0.25, -0.2) is 0 Å². The summed E-state index contributed by atoms with van der Waals surface area (Å²) in [5.74, 6) is 0.0416. The van der Waals surface area contributed by atoms with Gasteiger partial charge in [0.25, 0.3) is 0 Å². The van der Waals surface area contributed by atoms with Gasteiger partial charge in [0.05, 0.1) is 11.8 Å². The molecule has 13 heavy (non-hydrogen) atoms. The highest BCUT2D eigenvalue weighted by Gasteiger charge is 2.16. The zero-order valence-corrected chi connectivity index (χ0v) is 7.72. The van der Waals surface area contributed by atoms with E-state index in [1.54, 1.807) is 12.3 Å². The molecular formula is C10H15NO2. The average Bonchev–Trinajstić information content (AvgIpc) is 2.18. The van der Waals surface area contributed by atoms with E-state index in [1.807, 2.05) is 19.1 Å². The Morgan fingerprint density at radius 3 is 2.77 bits per heavy atom. The van der Waals surface area contributed by atoms with Gasteiger partial charge in [-0.1, -0.05) is 13.0 Å². The summed E-state index contributed by atoms with van der Waals surface area (Å²) in [5.41, 5.74) is 0.670. The van der Waals surface area contributed by atoms with Gasteiger partial charge in [-0.3, -0.25) is 4.98 Å². The second-order valence-corrected chi connectivity index (χ2v) is 3.19. The van der Waals surface area contributed by atoms with Gasteiger partial charge >= 0.3 is 0 Å². The summed E-state index contributed by atoms with van der Waals surface area (Å²) in [6, 6.07) is 5.45. The van der Waals surface area contributed by atoms with E-state index in [1.165, 1.54) is 0 Å². The lowest BCUT2D eigenvalue weighted by molar-refractivity contribution is 0.0954. The summed E-state index contributed by atoms with van der Waals surface area (Å²) >= 11 is 0. The zero-order valence-electron chi connectivity index (χ0n) is 7.72. The van der Waals surface area contributed by atoms with Crippen molar-refractivity contribution in [2.45, 2.75) is 19.4 Å². The topological polar surface area (TPSA) is 53.4 Å². The zero-order chi connectivity index (χ0) is 9.68. The van der Waals surface area contributed by atoms with Crippen molar-refractivity contribution in [2.24, 2.45) is 5.92 Å². The molecular weight excluding hydrogens is 166 g/mol. The van der Waals surface area contributed by atoms with Crippen molar-refractivity contribution in [1.82, 2.24) is 4.98 Å². The average molecular weight is 181 g/mol. The molecule has 0 aliphatic heterocycles. The first-order valence-electron chi connectivity index (χ1n) is 4.45. The van der Waals surface area contributed by atoms with Crippen molar-refractivity contribution < 1.29 is 10.2 Å². The Hall–Kier alpha value is -0.930. The fourth-order valence-electron chi connectivity index (χ4n) is 1.20. The number of pyridine rings is 1. The lowest BCUT2D eigenvalue weighted by atomic mass is 9.98. The van der Waals surface area contributed by atoms with Crippen LogP contribution in [-0.4, -0.2) is 21.8 Å². The third-order valence-electron chi connectivity index (χ3n) is 2.11. The van der Waals surface area contributed by atoms with Gasteiger partial charge in [0.2, 0.25) is 0 Å². The van der Waals surface area contributed by atoms with Crippen molar-refractivity contribution in [3.63, 3.8) is 0 Å². The van der Waals surface area contributed by atoms with Crippen molar-refractivity contribution >= 4 is 0 Å². The Morgan fingerprint density at radius 1 is 1.46 bits per heavy atom. The molecule has 0 radical (unpaired) electrons. The van der Waals surface area contributed by atoms with E-state index in [0.29, 0.717) is 12.1 Å². The summed E-state index contributed by atoms with van der Waals surface area (Å²) in [7, 11) is 0. The maximum atomic E-state index is 9.75. The third kappa shape index (κ3) is 2.79. The smallest absolute Gasteiger partial charge is 0.0985 e. The van der Waals surface area contributed by atoms with Gasteiger partial charge in [-0.2, -0.15) is 0 Å². The van der Waals surface area contributed by atoms with Crippen LogP contribution in [0, 0.1) is 5.92 Å². The molecule has 0 fully saturated rings. The molecule has 0 saturated heterocycles. The molecule has 72 valence electrons. The molecule has 3 heteroatoms. The highest BCUT2D eigenvalue weighted by atomic mass is 16.3. The van der Waals surface area contributed by atoms with E-state index in [9.17, 15) is 5.11 Å². The third-order valence-corrected chi connectivity index (χ3v) is 2.11. The maximum absolute atomic E-state index is 9.75. The van der Waals surface area contributed by atoms with Crippen molar-refractivity contribution in [2.75, 3.05) is 6.61 Å². The number of nitrogens with zero attached hydrogens (tertiary/aromatic N) is 1. The molecule has 2 atom stereocenters. The number of aliphatic hydroxyl groups is 2. The first-order chi connectivity index (χ1) is 6.25. The van der Waals surface area contributed by atoms with Crippen LogP contribution in [-0.2, 0) is 0 Å². The summed E-state index contributed by atoms with van der Waals surface area (Å²) in [4.78, 5) is 4.05. The first kappa shape index (κ1) is 10.2. The highest BCUT2D eigenvalue weighted by molar-refractivity contribution is 5.07. The van der Waals surface area contributed by atoms with Crippen LogP contribution in [0.15, 0.2) is 24.4 Å². The van der Waals surface area contributed by atoms with E-state index in [-0.39, 0.29) is 12.5 Å². The largest absolute Gasteiger partial charge is 0.396 e. The number of rotatable bonds is 4. The second kappa shape index (κ2) is 4.94. The normalized spacial score (nSPS) is 15.3. The Balaban J connectivity index is 2.62. The second-order valence-electron chi connectivity index (χ2n) is 3.19. The molecule has 0 unspecified atom stereocenters. The van der Waals surface area contributed by atoms with Crippen molar-refractivity contribution in [3.05, 3.63) is 30.1 Å². The van der Waals surface area contributed by atoms with Crippen molar-refractivity contribution in [3.8, 4) is 0 Å². The molecule has 1 aromatic rings. The van der Waals surface area contributed by atoms with Crippen LogP contribution in [0.4, 0.5) is 0 Å². The quantitative estimate of drug-likeness (QED) is 0.732. The summed E-state index contributed by atoms with van der Waals surface area (Å²) in [6.07, 6.45) is 1.68. The first-order valence-corrected chi connectivity index (χ1v) is 4.45. The predicted octanol–water partition coefficient (Wildman–Crippen LogP) is 1.13. The van der Waals surface area contributed by atoms with Gasteiger partial charge in [0, 0.05) is 12.8 Å².